The molecular weight excluding hydrogens is 352 g/mol. The molecule has 0 aliphatic heterocycles. The van der Waals surface area contributed by atoms with Gasteiger partial charge >= 0.3 is 0 Å². The van der Waals surface area contributed by atoms with Gasteiger partial charge in [0.25, 0.3) is 11.8 Å². The molecule has 0 fully saturated rings. The van der Waals surface area contributed by atoms with Crippen LogP contribution in [0.3, 0.4) is 0 Å². The van der Waals surface area contributed by atoms with E-state index in [1.165, 1.54) is 6.08 Å². The second-order valence-electron chi connectivity index (χ2n) is 6.30. The Morgan fingerprint density at radius 1 is 0.929 bits per heavy atom. The predicted octanol–water partition coefficient (Wildman–Crippen LogP) is 3.89. The Morgan fingerprint density at radius 2 is 1.64 bits per heavy atom. The van der Waals surface area contributed by atoms with Crippen molar-refractivity contribution in [2.24, 2.45) is 0 Å². The largest absolute Gasteiger partial charge is 0.497 e. The van der Waals surface area contributed by atoms with E-state index in [2.05, 4.69) is 10.9 Å². The molecule has 0 radical (unpaired) electrons. The molecule has 3 rings (SSSR count). The molecular formula is C23H22N2O3. The van der Waals surface area contributed by atoms with Crippen LogP contribution in [0.5, 0.6) is 5.75 Å². The number of fused-ring (bicyclic) bond motifs is 1. The maximum absolute atomic E-state index is 12.1. The summed E-state index contributed by atoms with van der Waals surface area (Å²) in [4.78, 5) is 24.0. The van der Waals surface area contributed by atoms with E-state index >= 15 is 0 Å². The van der Waals surface area contributed by atoms with Crippen LogP contribution in [0, 0.1) is 0 Å². The summed E-state index contributed by atoms with van der Waals surface area (Å²) in [5.74, 6) is 0.0349. The van der Waals surface area contributed by atoms with E-state index in [0.717, 1.165) is 34.1 Å². The lowest BCUT2D eigenvalue weighted by Gasteiger charge is -2.06. The average Bonchev–Trinajstić information content (AvgIpc) is 2.75. The average molecular weight is 374 g/mol. The molecule has 0 aliphatic rings. The monoisotopic (exact) mass is 374 g/mol. The molecule has 0 atom stereocenters. The lowest BCUT2D eigenvalue weighted by molar-refractivity contribution is -0.117. The van der Waals surface area contributed by atoms with Gasteiger partial charge in [0.05, 0.1) is 7.11 Å². The summed E-state index contributed by atoms with van der Waals surface area (Å²) in [5.41, 5.74) is 7.33. The van der Waals surface area contributed by atoms with E-state index in [1.54, 1.807) is 25.3 Å². The molecule has 0 saturated heterocycles. The van der Waals surface area contributed by atoms with Crippen LogP contribution in [0.1, 0.15) is 28.4 Å². The smallest absolute Gasteiger partial charge is 0.269 e. The molecule has 0 bridgehead atoms. The third kappa shape index (κ3) is 4.76. The Morgan fingerprint density at radius 3 is 2.36 bits per heavy atom. The number of hydrogen-bond donors (Lipinski definition) is 2. The van der Waals surface area contributed by atoms with Gasteiger partial charge in [0.15, 0.2) is 0 Å². The number of methoxy groups -OCH3 is 1. The summed E-state index contributed by atoms with van der Waals surface area (Å²) in [6, 6.07) is 18.9. The molecule has 0 unspecified atom stereocenters. The molecule has 5 heteroatoms. The van der Waals surface area contributed by atoms with E-state index in [1.807, 2.05) is 55.5 Å². The first-order valence-electron chi connectivity index (χ1n) is 9.04. The molecule has 0 saturated carbocycles. The summed E-state index contributed by atoms with van der Waals surface area (Å²) >= 11 is 0. The SMILES string of the molecule is CCc1ccc(C(=O)NNC(=O)/C=C/c2ccc3cc(OC)ccc3c2)cc1. The van der Waals surface area contributed by atoms with Crippen LogP contribution < -0.4 is 15.6 Å². The predicted molar refractivity (Wildman–Crippen MR) is 111 cm³/mol. The van der Waals surface area contributed by atoms with Gasteiger partial charge in [-0.15, -0.1) is 0 Å². The van der Waals surface area contributed by atoms with Crippen LogP contribution >= 0.6 is 0 Å². The lowest BCUT2D eigenvalue weighted by Crippen LogP contribution is -2.40. The summed E-state index contributed by atoms with van der Waals surface area (Å²) in [6.45, 7) is 2.05. The second-order valence-corrected chi connectivity index (χ2v) is 6.30. The van der Waals surface area contributed by atoms with E-state index < -0.39 is 5.91 Å². The van der Waals surface area contributed by atoms with Crippen molar-refractivity contribution in [3.05, 3.63) is 83.4 Å². The van der Waals surface area contributed by atoms with E-state index in [-0.39, 0.29) is 5.91 Å². The minimum absolute atomic E-state index is 0.357. The third-order valence-electron chi connectivity index (χ3n) is 4.42. The number of carbonyl (C=O) groups excluding carboxylic acids is 2. The molecule has 0 heterocycles. The van der Waals surface area contributed by atoms with E-state index in [4.69, 9.17) is 4.74 Å². The number of amides is 2. The Balaban J connectivity index is 1.58. The van der Waals surface area contributed by atoms with Gasteiger partial charge in [-0.05, 0) is 64.7 Å². The molecule has 28 heavy (non-hydrogen) atoms. The summed E-state index contributed by atoms with van der Waals surface area (Å²) in [6.07, 6.45) is 3.98. The number of carbonyl (C=O) groups is 2. The number of hydrazine groups is 1. The van der Waals surface area contributed by atoms with Gasteiger partial charge in [0.1, 0.15) is 5.75 Å². The third-order valence-corrected chi connectivity index (χ3v) is 4.42. The van der Waals surface area contributed by atoms with Crippen molar-refractivity contribution < 1.29 is 14.3 Å². The Hall–Kier alpha value is -3.60. The second kappa shape index (κ2) is 8.86. The van der Waals surface area contributed by atoms with Crippen molar-refractivity contribution in [3.63, 3.8) is 0 Å². The van der Waals surface area contributed by atoms with Crippen molar-refractivity contribution in [1.29, 1.82) is 0 Å². The minimum Gasteiger partial charge on any atom is -0.497 e. The summed E-state index contributed by atoms with van der Waals surface area (Å²) in [7, 11) is 1.63. The molecule has 2 N–H and O–H groups in total. The molecule has 3 aromatic carbocycles. The van der Waals surface area contributed by atoms with Gasteiger partial charge in [0.2, 0.25) is 0 Å². The number of hydrogen-bond acceptors (Lipinski definition) is 3. The normalized spacial score (nSPS) is 10.8. The highest BCUT2D eigenvalue weighted by Crippen LogP contribution is 2.22. The maximum atomic E-state index is 12.1. The summed E-state index contributed by atoms with van der Waals surface area (Å²) < 4.78 is 5.22. The Bertz CT molecular complexity index is 1020. The zero-order chi connectivity index (χ0) is 19.9. The van der Waals surface area contributed by atoms with Crippen molar-refractivity contribution in [3.8, 4) is 5.75 Å². The van der Waals surface area contributed by atoms with E-state index in [0.29, 0.717) is 5.56 Å². The maximum Gasteiger partial charge on any atom is 0.269 e. The first kappa shape index (κ1) is 19.2. The molecule has 142 valence electrons. The van der Waals surface area contributed by atoms with Crippen molar-refractivity contribution in [2.75, 3.05) is 7.11 Å². The van der Waals surface area contributed by atoms with Gasteiger partial charge in [-0.25, -0.2) is 0 Å². The Labute approximate surface area is 164 Å². The first-order valence-corrected chi connectivity index (χ1v) is 9.04. The van der Waals surface area contributed by atoms with Crippen LogP contribution in [0.15, 0.2) is 66.7 Å². The molecule has 0 aliphatic carbocycles. The van der Waals surface area contributed by atoms with Gasteiger partial charge in [-0.3, -0.25) is 20.4 Å². The number of rotatable bonds is 5. The topological polar surface area (TPSA) is 67.4 Å². The van der Waals surface area contributed by atoms with Gasteiger partial charge in [-0.1, -0.05) is 37.3 Å². The minimum atomic E-state index is -0.409. The van der Waals surface area contributed by atoms with Crippen molar-refractivity contribution in [2.45, 2.75) is 13.3 Å². The van der Waals surface area contributed by atoms with Gasteiger partial charge < -0.3 is 4.74 Å². The van der Waals surface area contributed by atoms with Gasteiger partial charge in [0, 0.05) is 11.6 Å². The Kier molecular flexibility index (Phi) is 6.07. The molecule has 5 nitrogen and oxygen atoms in total. The standard InChI is InChI=1S/C23H22N2O3/c1-3-16-4-8-18(9-5-16)23(27)25-24-22(26)13-7-17-6-10-20-15-21(28-2)12-11-19(20)14-17/h4-15H,3H2,1-2H3,(H,24,26)(H,25,27)/b13-7+. The molecule has 2 amide bonds. The van der Waals surface area contributed by atoms with Crippen LogP contribution in [0.2, 0.25) is 0 Å². The number of nitrogens with one attached hydrogen (secondary N) is 2. The van der Waals surface area contributed by atoms with Crippen LogP contribution in [-0.2, 0) is 11.2 Å². The fourth-order valence-electron chi connectivity index (χ4n) is 2.77. The number of aryl methyl sites for hydroxylation is 1. The van der Waals surface area contributed by atoms with Crippen LogP contribution in [-0.4, -0.2) is 18.9 Å². The highest BCUT2D eigenvalue weighted by Gasteiger charge is 2.05. The number of benzene rings is 3. The molecule has 0 aromatic heterocycles. The van der Waals surface area contributed by atoms with E-state index in [9.17, 15) is 9.59 Å². The fraction of sp³-hybridized carbons (Fsp3) is 0.130. The summed E-state index contributed by atoms with van der Waals surface area (Å²) in [5, 5.41) is 2.11. The number of ether oxygens (including phenoxy) is 1. The van der Waals surface area contributed by atoms with Crippen molar-refractivity contribution >= 4 is 28.7 Å². The van der Waals surface area contributed by atoms with Crippen molar-refractivity contribution in [1.82, 2.24) is 10.9 Å². The van der Waals surface area contributed by atoms with Crippen LogP contribution in [0.4, 0.5) is 0 Å². The lowest BCUT2D eigenvalue weighted by atomic mass is 10.1. The highest BCUT2D eigenvalue weighted by molar-refractivity contribution is 5.98. The molecule has 0 spiro atoms. The van der Waals surface area contributed by atoms with Crippen LogP contribution in [0.25, 0.3) is 16.8 Å². The quantitative estimate of drug-likeness (QED) is 0.526. The first-order chi connectivity index (χ1) is 13.6. The zero-order valence-electron chi connectivity index (χ0n) is 15.9. The fourth-order valence-corrected chi connectivity index (χ4v) is 2.77. The highest BCUT2D eigenvalue weighted by atomic mass is 16.5. The zero-order valence-corrected chi connectivity index (χ0v) is 15.9. The molecule has 3 aromatic rings. The van der Waals surface area contributed by atoms with Gasteiger partial charge in [-0.2, -0.15) is 0 Å².